The SMILES string of the molecule is O=C(COC(=O)c1ccc([N+](=O)[O-])o1)Nc1ncc(S(=O)(=O)c2ccc([N+](=O)[O-])cc2)s1. The van der Waals surface area contributed by atoms with Crippen LogP contribution in [-0.2, 0) is 19.4 Å². The third kappa shape index (κ3) is 4.93. The summed E-state index contributed by atoms with van der Waals surface area (Å²) in [6.07, 6.45) is 0.991. The second-order valence-electron chi connectivity index (χ2n) is 5.76. The molecule has 0 radical (unpaired) electrons. The van der Waals surface area contributed by atoms with Crippen LogP contribution in [0.5, 0.6) is 0 Å². The van der Waals surface area contributed by atoms with Crippen LogP contribution in [0.2, 0.25) is 0 Å². The first-order chi connectivity index (χ1) is 15.1. The number of non-ortho nitro benzene ring substituents is 1. The molecule has 0 spiro atoms. The number of carbonyl (C=O) groups excluding carboxylic acids is 2. The van der Waals surface area contributed by atoms with E-state index in [1.807, 2.05) is 0 Å². The van der Waals surface area contributed by atoms with Crippen molar-refractivity contribution in [1.29, 1.82) is 0 Å². The zero-order valence-electron chi connectivity index (χ0n) is 15.5. The number of hydrogen-bond acceptors (Lipinski definition) is 12. The fourth-order valence-electron chi connectivity index (χ4n) is 2.20. The number of nitrogens with zero attached hydrogens (tertiary/aromatic N) is 3. The lowest BCUT2D eigenvalue weighted by molar-refractivity contribution is -0.402. The Kier molecular flexibility index (Phi) is 6.26. The first-order valence-electron chi connectivity index (χ1n) is 8.24. The molecule has 0 aliphatic rings. The van der Waals surface area contributed by atoms with Gasteiger partial charge in [-0.3, -0.25) is 30.3 Å². The molecule has 3 aromatic rings. The van der Waals surface area contributed by atoms with E-state index in [-0.39, 0.29) is 19.9 Å². The zero-order chi connectivity index (χ0) is 23.5. The highest BCUT2D eigenvalue weighted by Gasteiger charge is 2.23. The van der Waals surface area contributed by atoms with Crippen molar-refractivity contribution in [3.63, 3.8) is 0 Å². The number of amides is 1. The number of carbonyl (C=O) groups is 2. The maximum Gasteiger partial charge on any atom is 0.433 e. The molecule has 0 atom stereocenters. The number of ether oxygens (including phenoxy) is 1. The summed E-state index contributed by atoms with van der Waals surface area (Å²) < 4.78 is 34.3. The van der Waals surface area contributed by atoms with E-state index in [0.717, 1.165) is 42.6 Å². The van der Waals surface area contributed by atoms with Gasteiger partial charge in [0.15, 0.2) is 11.7 Å². The summed E-state index contributed by atoms with van der Waals surface area (Å²) in [5, 5.41) is 23.3. The van der Waals surface area contributed by atoms with Crippen LogP contribution in [0.4, 0.5) is 16.7 Å². The molecular weight excluding hydrogens is 472 g/mol. The van der Waals surface area contributed by atoms with Gasteiger partial charge in [-0.05, 0) is 18.2 Å². The van der Waals surface area contributed by atoms with Gasteiger partial charge in [0, 0.05) is 12.1 Å². The molecule has 0 saturated heterocycles. The van der Waals surface area contributed by atoms with Crippen molar-refractivity contribution >= 4 is 49.8 Å². The third-order valence-corrected chi connectivity index (χ3v) is 6.80. The second kappa shape index (κ2) is 8.90. The fourth-order valence-corrected chi connectivity index (χ4v) is 4.65. The molecule has 0 bridgehead atoms. The number of aromatic nitrogens is 1. The molecule has 16 heteroatoms. The Morgan fingerprint density at radius 2 is 1.78 bits per heavy atom. The Labute approximate surface area is 181 Å². The highest BCUT2D eigenvalue weighted by molar-refractivity contribution is 7.93. The number of anilines is 1. The second-order valence-corrected chi connectivity index (χ2v) is 8.97. The minimum Gasteiger partial charge on any atom is -0.450 e. The fraction of sp³-hybridized carbons (Fsp3) is 0.0625. The van der Waals surface area contributed by atoms with E-state index in [9.17, 15) is 38.2 Å². The van der Waals surface area contributed by atoms with Crippen LogP contribution in [0.1, 0.15) is 10.6 Å². The molecular formula is C16H10N4O10S2. The van der Waals surface area contributed by atoms with Gasteiger partial charge < -0.3 is 9.15 Å². The standard InChI is InChI=1S/C16H10N4O10S2/c21-12(8-29-15(22)11-5-6-13(30-11)20(25)26)18-16-17-7-14(31-16)32(27,28)10-3-1-9(2-4-10)19(23)24/h1-7H,8H2,(H,17,18,21). The third-order valence-electron chi connectivity index (χ3n) is 3.66. The quantitative estimate of drug-likeness (QED) is 0.280. The summed E-state index contributed by atoms with van der Waals surface area (Å²) in [6.45, 7) is -0.794. The molecule has 1 N–H and O–H groups in total. The molecule has 1 amide bonds. The van der Waals surface area contributed by atoms with E-state index >= 15 is 0 Å². The van der Waals surface area contributed by atoms with Crippen molar-refractivity contribution in [2.75, 3.05) is 11.9 Å². The first kappa shape index (κ1) is 22.5. The number of nitrogens with one attached hydrogen (secondary N) is 1. The van der Waals surface area contributed by atoms with E-state index in [2.05, 4.69) is 19.5 Å². The summed E-state index contributed by atoms with van der Waals surface area (Å²) in [5.74, 6) is -3.12. The average Bonchev–Trinajstić information content (AvgIpc) is 3.42. The summed E-state index contributed by atoms with van der Waals surface area (Å²) in [5.41, 5.74) is -0.278. The van der Waals surface area contributed by atoms with Crippen LogP contribution in [0.25, 0.3) is 0 Å². The Morgan fingerprint density at radius 3 is 2.38 bits per heavy atom. The molecule has 0 aliphatic carbocycles. The van der Waals surface area contributed by atoms with E-state index < -0.39 is 49.8 Å². The van der Waals surface area contributed by atoms with Crippen LogP contribution in [-0.4, -0.2) is 41.7 Å². The van der Waals surface area contributed by atoms with Gasteiger partial charge in [-0.1, -0.05) is 11.3 Å². The lowest BCUT2D eigenvalue weighted by atomic mass is 10.3. The molecule has 32 heavy (non-hydrogen) atoms. The number of furan rings is 1. The zero-order valence-corrected chi connectivity index (χ0v) is 17.1. The van der Waals surface area contributed by atoms with Crippen molar-refractivity contribution in [1.82, 2.24) is 4.98 Å². The maximum absolute atomic E-state index is 12.6. The molecule has 2 aromatic heterocycles. The van der Waals surface area contributed by atoms with Crippen molar-refractivity contribution in [3.05, 3.63) is 68.6 Å². The van der Waals surface area contributed by atoms with Gasteiger partial charge in [-0.15, -0.1) is 0 Å². The Morgan fingerprint density at radius 1 is 1.09 bits per heavy atom. The number of nitro benzene ring substituents is 1. The summed E-state index contributed by atoms with van der Waals surface area (Å²) in [7, 11) is -4.03. The molecule has 0 fully saturated rings. The average molecular weight is 482 g/mol. The molecule has 0 unspecified atom stereocenters. The first-order valence-corrected chi connectivity index (χ1v) is 10.5. The number of sulfone groups is 1. The predicted molar refractivity (Wildman–Crippen MR) is 105 cm³/mol. The van der Waals surface area contributed by atoms with E-state index in [1.165, 1.54) is 0 Å². The maximum atomic E-state index is 12.6. The lowest BCUT2D eigenvalue weighted by Gasteiger charge is -2.03. The van der Waals surface area contributed by atoms with Gasteiger partial charge in [-0.2, -0.15) is 0 Å². The van der Waals surface area contributed by atoms with Gasteiger partial charge in [0.05, 0.1) is 22.1 Å². The van der Waals surface area contributed by atoms with Gasteiger partial charge in [0.1, 0.15) is 9.13 Å². The Bertz CT molecular complexity index is 1310. The largest absolute Gasteiger partial charge is 0.450 e. The van der Waals surface area contributed by atoms with E-state index in [1.54, 1.807) is 0 Å². The van der Waals surface area contributed by atoms with Crippen LogP contribution < -0.4 is 5.32 Å². The van der Waals surface area contributed by atoms with Crippen LogP contribution >= 0.6 is 11.3 Å². The molecule has 0 aliphatic heterocycles. The molecule has 3 rings (SSSR count). The minimum atomic E-state index is -4.03. The number of nitro groups is 2. The number of esters is 1. The van der Waals surface area contributed by atoms with E-state index in [4.69, 9.17) is 0 Å². The number of thiazole rings is 1. The lowest BCUT2D eigenvalue weighted by Crippen LogP contribution is -2.20. The van der Waals surface area contributed by atoms with Gasteiger partial charge in [-0.25, -0.2) is 18.2 Å². The van der Waals surface area contributed by atoms with Crippen LogP contribution in [0.3, 0.4) is 0 Å². The number of benzene rings is 1. The van der Waals surface area contributed by atoms with Crippen LogP contribution in [0, 0.1) is 20.2 Å². The predicted octanol–water partition coefficient (Wildman–Crippen LogP) is 2.18. The van der Waals surface area contributed by atoms with Crippen molar-refractivity contribution in [2.45, 2.75) is 9.10 Å². The number of hydrogen-bond donors (Lipinski definition) is 1. The minimum absolute atomic E-state index is 0.111. The normalized spacial score (nSPS) is 11.0. The molecule has 166 valence electrons. The topological polar surface area (TPSA) is 202 Å². The van der Waals surface area contributed by atoms with Crippen molar-refractivity contribution in [3.8, 4) is 0 Å². The summed E-state index contributed by atoms with van der Waals surface area (Å²) in [6, 6.07) is 6.18. The summed E-state index contributed by atoms with van der Waals surface area (Å²) >= 11 is 0.612. The van der Waals surface area contributed by atoms with Crippen LogP contribution in [0.15, 0.2) is 56.1 Å². The number of rotatable bonds is 8. The van der Waals surface area contributed by atoms with Gasteiger partial charge >= 0.3 is 11.9 Å². The monoisotopic (exact) mass is 482 g/mol. The summed E-state index contributed by atoms with van der Waals surface area (Å²) in [4.78, 5) is 46.9. The molecule has 0 saturated carbocycles. The van der Waals surface area contributed by atoms with Gasteiger partial charge in [0.25, 0.3) is 11.6 Å². The smallest absolute Gasteiger partial charge is 0.433 e. The molecule has 14 nitrogen and oxygen atoms in total. The van der Waals surface area contributed by atoms with E-state index in [0.29, 0.717) is 11.3 Å². The van der Waals surface area contributed by atoms with Gasteiger partial charge in [0.2, 0.25) is 15.6 Å². The highest BCUT2D eigenvalue weighted by Crippen LogP contribution is 2.29. The van der Waals surface area contributed by atoms with Crippen molar-refractivity contribution < 1.29 is 37.0 Å². The Hall–Kier alpha value is -4.18. The molecule has 2 heterocycles. The van der Waals surface area contributed by atoms with Crippen molar-refractivity contribution in [2.24, 2.45) is 0 Å². The highest BCUT2D eigenvalue weighted by atomic mass is 32.2. The molecule has 1 aromatic carbocycles. The Balaban J connectivity index is 1.61.